The van der Waals surface area contributed by atoms with Crippen molar-refractivity contribution in [2.45, 2.75) is 57.9 Å². The van der Waals surface area contributed by atoms with Gasteiger partial charge in [0.15, 0.2) is 5.78 Å². The number of carbonyl (C=O) groups is 1. The van der Waals surface area contributed by atoms with Gasteiger partial charge in [-0.3, -0.25) is 9.69 Å². The van der Waals surface area contributed by atoms with E-state index in [9.17, 15) is 4.79 Å². The molecule has 3 rings (SSSR count). The number of aryl methyl sites for hydroxylation is 2. The summed E-state index contributed by atoms with van der Waals surface area (Å²) in [5.41, 5.74) is 3.78. The quantitative estimate of drug-likeness (QED) is 0.780. The fourth-order valence-electron chi connectivity index (χ4n) is 3.75. The Morgan fingerprint density at radius 3 is 2.90 bits per heavy atom. The zero-order valence-electron chi connectivity index (χ0n) is 12.5. The average molecular weight is 271 g/mol. The molecule has 1 aliphatic carbocycles. The first-order chi connectivity index (χ1) is 9.78. The third-order valence-electron chi connectivity index (χ3n) is 4.99. The van der Waals surface area contributed by atoms with Crippen LogP contribution in [-0.2, 0) is 12.8 Å². The molecule has 1 aliphatic heterocycles. The van der Waals surface area contributed by atoms with Crippen LogP contribution in [-0.4, -0.2) is 29.8 Å². The molecule has 1 aromatic carbocycles. The molecule has 0 bridgehead atoms. The van der Waals surface area contributed by atoms with Gasteiger partial charge in [-0.1, -0.05) is 25.5 Å². The molecule has 20 heavy (non-hydrogen) atoms. The highest BCUT2D eigenvalue weighted by molar-refractivity contribution is 5.97. The van der Waals surface area contributed by atoms with E-state index in [-0.39, 0.29) is 0 Å². The molecule has 1 heterocycles. The minimum absolute atomic E-state index is 0.306. The first-order valence-electron chi connectivity index (χ1n) is 8.17. The molecule has 0 N–H and O–H groups in total. The molecule has 0 radical (unpaired) electrons. The molecule has 2 heteroatoms. The lowest BCUT2D eigenvalue weighted by Gasteiger charge is -2.34. The number of hydrogen-bond donors (Lipinski definition) is 0. The maximum Gasteiger partial charge on any atom is 0.176 e. The van der Waals surface area contributed by atoms with E-state index in [4.69, 9.17) is 0 Å². The van der Waals surface area contributed by atoms with Crippen molar-refractivity contribution in [2.75, 3.05) is 13.1 Å². The molecule has 1 saturated heterocycles. The summed E-state index contributed by atoms with van der Waals surface area (Å²) in [6.45, 7) is 3.94. The number of carbonyl (C=O) groups excluding carboxylic acids is 1. The predicted molar refractivity (Wildman–Crippen MR) is 82.3 cm³/mol. The molecule has 0 aromatic heterocycles. The van der Waals surface area contributed by atoms with E-state index < -0.39 is 0 Å². The number of ketones is 1. The number of piperidine rings is 1. The number of fused-ring (bicyclic) bond motifs is 1. The second-order valence-corrected chi connectivity index (χ2v) is 6.29. The number of benzene rings is 1. The Balaban J connectivity index is 1.69. The molecule has 2 aliphatic rings. The summed E-state index contributed by atoms with van der Waals surface area (Å²) < 4.78 is 0. The topological polar surface area (TPSA) is 20.3 Å². The molecule has 1 unspecified atom stereocenters. The molecule has 1 atom stereocenters. The van der Waals surface area contributed by atoms with Crippen LogP contribution in [0.2, 0.25) is 0 Å². The summed E-state index contributed by atoms with van der Waals surface area (Å²) in [6.07, 6.45) is 8.57. The van der Waals surface area contributed by atoms with Gasteiger partial charge in [0.25, 0.3) is 0 Å². The van der Waals surface area contributed by atoms with Gasteiger partial charge in [0.1, 0.15) is 0 Å². The van der Waals surface area contributed by atoms with Crippen molar-refractivity contribution < 1.29 is 4.79 Å². The van der Waals surface area contributed by atoms with E-state index in [2.05, 4.69) is 24.0 Å². The van der Waals surface area contributed by atoms with E-state index in [1.807, 2.05) is 6.07 Å². The Kier molecular flexibility index (Phi) is 4.21. The Morgan fingerprint density at radius 1 is 1.20 bits per heavy atom. The molecule has 108 valence electrons. The number of nitrogens with zero attached hydrogens (tertiary/aromatic N) is 1. The number of Topliss-reactive ketones (excluding diaryl/α,β-unsaturated/α-hetero) is 1. The van der Waals surface area contributed by atoms with E-state index >= 15 is 0 Å². The standard InChI is InChI=1S/C18H25NO/c1-2-17-8-3-4-11-19(17)13-18(20)16-10-9-14-6-5-7-15(14)12-16/h9-10,12,17H,2-8,11,13H2,1H3. The van der Waals surface area contributed by atoms with Crippen molar-refractivity contribution >= 4 is 5.78 Å². The molecule has 0 saturated carbocycles. The third-order valence-corrected chi connectivity index (χ3v) is 4.99. The zero-order chi connectivity index (χ0) is 13.9. The summed E-state index contributed by atoms with van der Waals surface area (Å²) in [6, 6.07) is 6.97. The molecule has 0 spiro atoms. The summed E-state index contributed by atoms with van der Waals surface area (Å²) in [4.78, 5) is 14.9. The van der Waals surface area contributed by atoms with Crippen LogP contribution in [0.1, 0.15) is 60.5 Å². The second kappa shape index (κ2) is 6.09. The van der Waals surface area contributed by atoms with E-state index in [0.29, 0.717) is 18.4 Å². The lowest BCUT2D eigenvalue weighted by atomic mass is 9.98. The Bertz CT molecular complexity index is 494. The lowest BCUT2D eigenvalue weighted by molar-refractivity contribution is 0.0838. The fraction of sp³-hybridized carbons (Fsp3) is 0.611. The van der Waals surface area contributed by atoms with Crippen molar-refractivity contribution in [3.63, 3.8) is 0 Å². The highest BCUT2D eigenvalue weighted by Gasteiger charge is 2.23. The van der Waals surface area contributed by atoms with Crippen molar-refractivity contribution in [2.24, 2.45) is 0 Å². The van der Waals surface area contributed by atoms with Crippen LogP contribution in [0.4, 0.5) is 0 Å². The van der Waals surface area contributed by atoms with Crippen molar-refractivity contribution in [1.29, 1.82) is 0 Å². The number of rotatable bonds is 4. The largest absolute Gasteiger partial charge is 0.293 e. The van der Waals surface area contributed by atoms with Gasteiger partial charge in [-0.05, 0) is 62.3 Å². The SMILES string of the molecule is CCC1CCCCN1CC(=O)c1ccc2c(c1)CCC2. The minimum Gasteiger partial charge on any atom is -0.293 e. The van der Waals surface area contributed by atoms with Gasteiger partial charge in [0, 0.05) is 11.6 Å². The van der Waals surface area contributed by atoms with Crippen LogP contribution in [0.25, 0.3) is 0 Å². The Labute approximate surface area is 122 Å². The number of likely N-dealkylation sites (tertiary alicyclic amines) is 1. The van der Waals surface area contributed by atoms with Crippen LogP contribution in [0.15, 0.2) is 18.2 Å². The van der Waals surface area contributed by atoms with Crippen LogP contribution in [0.5, 0.6) is 0 Å². The van der Waals surface area contributed by atoms with Crippen LogP contribution < -0.4 is 0 Å². The number of hydrogen-bond acceptors (Lipinski definition) is 2. The Hall–Kier alpha value is -1.15. The summed E-state index contributed by atoms with van der Waals surface area (Å²) in [5.74, 6) is 0.306. The molecule has 1 aromatic rings. The average Bonchev–Trinajstić information content (AvgIpc) is 2.95. The summed E-state index contributed by atoms with van der Waals surface area (Å²) in [7, 11) is 0. The fourth-order valence-corrected chi connectivity index (χ4v) is 3.75. The van der Waals surface area contributed by atoms with Crippen molar-refractivity contribution in [3.8, 4) is 0 Å². The first kappa shape index (κ1) is 13.8. The second-order valence-electron chi connectivity index (χ2n) is 6.29. The van der Waals surface area contributed by atoms with Crippen LogP contribution in [0.3, 0.4) is 0 Å². The lowest BCUT2D eigenvalue weighted by Crippen LogP contribution is -2.42. The molecular weight excluding hydrogens is 246 g/mol. The van der Waals surface area contributed by atoms with Gasteiger partial charge in [0.05, 0.1) is 6.54 Å². The Morgan fingerprint density at radius 2 is 2.05 bits per heavy atom. The highest BCUT2D eigenvalue weighted by Crippen LogP contribution is 2.24. The highest BCUT2D eigenvalue weighted by atomic mass is 16.1. The van der Waals surface area contributed by atoms with Gasteiger partial charge >= 0.3 is 0 Å². The van der Waals surface area contributed by atoms with Gasteiger partial charge in [-0.2, -0.15) is 0 Å². The molecule has 2 nitrogen and oxygen atoms in total. The maximum atomic E-state index is 12.5. The molecule has 0 amide bonds. The first-order valence-corrected chi connectivity index (χ1v) is 8.17. The van der Waals surface area contributed by atoms with Crippen LogP contribution in [0, 0.1) is 0 Å². The molecule has 1 fully saturated rings. The van der Waals surface area contributed by atoms with Crippen LogP contribution >= 0.6 is 0 Å². The third kappa shape index (κ3) is 2.80. The van der Waals surface area contributed by atoms with Gasteiger partial charge in [-0.25, -0.2) is 0 Å². The monoisotopic (exact) mass is 271 g/mol. The van der Waals surface area contributed by atoms with Gasteiger partial charge in [-0.15, -0.1) is 0 Å². The van der Waals surface area contributed by atoms with Gasteiger partial charge in [0.2, 0.25) is 0 Å². The maximum absolute atomic E-state index is 12.5. The van der Waals surface area contributed by atoms with E-state index in [1.165, 1.54) is 43.2 Å². The smallest absolute Gasteiger partial charge is 0.176 e. The summed E-state index contributed by atoms with van der Waals surface area (Å²) >= 11 is 0. The molecular formula is C18H25NO. The zero-order valence-corrected chi connectivity index (χ0v) is 12.5. The predicted octanol–water partition coefficient (Wildman–Crippen LogP) is 3.62. The summed E-state index contributed by atoms with van der Waals surface area (Å²) in [5, 5.41) is 0. The van der Waals surface area contributed by atoms with E-state index in [0.717, 1.165) is 24.9 Å². The minimum atomic E-state index is 0.306. The van der Waals surface area contributed by atoms with Gasteiger partial charge < -0.3 is 0 Å². The van der Waals surface area contributed by atoms with Crippen molar-refractivity contribution in [3.05, 3.63) is 34.9 Å². The normalized spacial score (nSPS) is 22.8. The van der Waals surface area contributed by atoms with Crippen molar-refractivity contribution in [1.82, 2.24) is 4.90 Å². The van der Waals surface area contributed by atoms with E-state index in [1.54, 1.807) is 0 Å².